The van der Waals surface area contributed by atoms with Crippen LogP contribution in [0.1, 0.15) is 43.2 Å². The van der Waals surface area contributed by atoms with Crippen molar-refractivity contribution < 1.29 is 9.72 Å². The Morgan fingerprint density at radius 2 is 2.04 bits per heavy atom. The standard InChI is InChI=1S/C21H23N3O3/c1-2-3-11-22-21(25)13-18(15-7-6-8-16(12-15)24(26)27)19-14-23-20-10-5-4-9-17(19)20/h4-10,12,14,18,23H,2-3,11,13H2,1H3,(H,22,25)/t18-/m1/s1. The van der Waals surface area contributed by atoms with Crippen LogP contribution in [0.3, 0.4) is 0 Å². The first-order valence-electron chi connectivity index (χ1n) is 9.17. The number of nitrogens with one attached hydrogen (secondary N) is 2. The third kappa shape index (κ3) is 4.34. The molecule has 0 saturated heterocycles. The van der Waals surface area contributed by atoms with E-state index in [2.05, 4.69) is 17.2 Å². The molecule has 1 atom stereocenters. The minimum atomic E-state index is -0.406. The molecule has 0 spiro atoms. The highest BCUT2D eigenvalue weighted by Gasteiger charge is 2.23. The summed E-state index contributed by atoms with van der Waals surface area (Å²) >= 11 is 0. The van der Waals surface area contributed by atoms with Crippen LogP contribution in [0, 0.1) is 10.1 Å². The van der Waals surface area contributed by atoms with E-state index >= 15 is 0 Å². The molecule has 0 aliphatic rings. The predicted molar refractivity (Wildman–Crippen MR) is 106 cm³/mol. The van der Waals surface area contributed by atoms with Crippen LogP contribution in [0.5, 0.6) is 0 Å². The zero-order valence-electron chi connectivity index (χ0n) is 15.3. The maximum Gasteiger partial charge on any atom is 0.269 e. The van der Waals surface area contributed by atoms with Crippen molar-refractivity contribution in [3.63, 3.8) is 0 Å². The largest absolute Gasteiger partial charge is 0.361 e. The van der Waals surface area contributed by atoms with Gasteiger partial charge >= 0.3 is 0 Å². The number of aromatic nitrogens is 1. The number of hydrogen-bond acceptors (Lipinski definition) is 3. The Kier molecular flexibility index (Phi) is 5.86. The molecule has 0 fully saturated rings. The van der Waals surface area contributed by atoms with Crippen LogP contribution in [0.2, 0.25) is 0 Å². The van der Waals surface area contributed by atoms with Crippen LogP contribution in [-0.4, -0.2) is 22.4 Å². The molecule has 3 aromatic rings. The van der Waals surface area contributed by atoms with E-state index in [0.717, 1.165) is 34.9 Å². The van der Waals surface area contributed by atoms with Crippen LogP contribution >= 0.6 is 0 Å². The molecule has 140 valence electrons. The SMILES string of the molecule is CCCCNC(=O)C[C@H](c1cccc([N+](=O)[O-])c1)c1c[nH]c2ccccc12. The zero-order valence-corrected chi connectivity index (χ0v) is 15.3. The molecular weight excluding hydrogens is 342 g/mol. The van der Waals surface area contributed by atoms with Gasteiger partial charge in [0.25, 0.3) is 5.69 Å². The van der Waals surface area contributed by atoms with Gasteiger partial charge in [0.1, 0.15) is 0 Å². The molecule has 6 heteroatoms. The molecule has 6 nitrogen and oxygen atoms in total. The highest BCUT2D eigenvalue weighted by Crippen LogP contribution is 2.34. The van der Waals surface area contributed by atoms with Gasteiger partial charge in [-0.25, -0.2) is 0 Å². The van der Waals surface area contributed by atoms with Crippen LogP contribution in [-0.2, 0) is 4.79 Å². The average Bonchev–Trinajstić information content (AvgIpc) is 3.10. The van der Waals surface area contributed by atoms with Gasteiger partial charge in [-0.1, -0.05) is 43.7 Å². The Morgan fingerprint density at radius 3 is 2.81 bits per heavy atom. The number of nitrogens with zero attached hydrogens (tertiary/aromatic N) is 1. The van der Waals surface area contributed by atoms with Gasteiger partial charge in [-0.3, -0.25) is 14.9 Å². The van der Waals surface area contributed by atoms with Crippen LogP contribution in [0.15, 0.2) is 54.7 Å². The molecule has 0 radical (unpaired) electrons. The first-order valence-corrected chi connectivity index (χ1v) is 9.17. The molecule has 3 rings (SSSR count). The van der Waals surface area contributed by atoms with E-state index in [1.807, 2.05) is 36.5 Å². The Morgan fingerprint density at radius 1 is 1.22 bits per heavy atom. The summed E-state index contributed by atoms with van der Waals surface area (Å²) in [5, 5.41) is 15.2. The summed E-state index contributed by atoms with van der Waals surface area (Å²) in [6.07, 6.45) is 4.08. The molecule has 0 saturated carbocycles. The smallest absolute Gasteiger partial charge is 0.269 e. The summed E-state index contributed by atoms with van der Waals surface area (Å²) in [7, 11) is 0. The van der Waals surface area contributed by atoms with Crippen molar-refractivity contribution in [2.45, 2.75) is 32.1 Å². The van der Waals surface area contributed by atoms with E-state index in [9.17, 15) is 14.9 Å². The van der Waals surface area contributed by atoms with Crippen LogP contribution in [0.4, 0.5) is 5.69 Å². The van der Waals surface area contributed by atoms with E-state index in [-0.39, 0.29) is 23.9 Å². The number of benzene rings is 2. The number of fused-ring (bicyclic) bond motifs is 1. The van der Waals surface area contributed by atoms with Crippen molar-refractivity contribution in [2.24, 2.45) is 0 Å². The lowest BCUT2D eigenvalue weighted by atomic mass is 9.87. The van der Waals surface area contributed by atoms with E-state index in [1.165, 1.54) is 6.07 Å². The highest BCUT2D eigenvalue weighted by atomic mass is 16.6. The number of H-pyrrole nitrogens is 1. The van der Waals surface area contributed by atoms with Gasteiger partial charge in [0.05, 0.1) is 4.92 Å². The molecule has 2 N–H and O–H groups in total. The minimum absolute atomic E-state index is 0.0312. The van der Waals surface area contributed by atoms with Crippen molar-refractivity contribution in [1.82, 2.24) is 10.3 Å². The fourth-order valence-corrected chi connectivity index (χ4v) is 3.31. The number of carbonyl (C=O) groups is 1. The monoisotopic (exact) mass is 365 g/mol. The number of hydrogen-bond donors (Lipinski definition) is 2. The number of amides is 1. The molecule has 0 aliphatic carbocycles. The lowest BCUT2D eigenvalue weighted by Crippen LogP contribution is -2.26. The number of rotatable bonds is 8. The number of nitro groups is 1. The first kappa shape index (κ1) is 18.6. The first-order chi connectivity index (χ1) is 13.1. The number of non-ortho nitro benzene ring substituents is 1. The second-order valence-electron chi connectivity index (χ2n) is 6.60. The molecule has 0 unspecified atom stereocenters. The van der Waals surface area contributed by atoms with Crippen molar-refractivity contribution in [3.8, 4) is 0 Å². The highest BCUT2D eigenvalue weighted by molar-refractivity contribution is 5.86. The number of para-hydroxylation sites is 1. The maximum absolute atomic E-state index is 12.5. The Balaban J connectivity index is 1.97. The van der Waals surface area contributed by atoms with Crippen molar-refractivity contribution in [3.05, 3.63) is 76.0 Å². The Labute approximate surface area is 157 Å². The molecule has 27 heavy (non-hydrogen) atoms. The minimum Gasteiger partial charge on any atom is -0.361 e. The zero-order chi connectivity index (χ0) is 19.2. The quantitative estimate of drug-likeness (QED) is 0.350. The molecule has 1 heterocycles. The molecule has 1 amide bonds. The summed E-state index contributed by atoms with van der Waals surface area (Å²) in [5.74, 6) is -0.312. The molecule has 0 bridgehead atoms. The van der Waals surface area contributed by atoms with Gasteiger partial charge in [0.15, 0.2) is 0 Å². The van der Waals surface area contributed by atoms with Gasteiger partial charge in [0.2, 0.25) is 5.91 Å². The summed E-state index contributed by atoms with van der Waals surface area (Å²) in [6.45, 7) is 2.72. The predicted octanol–water partition coefficient (Wildman–Crippen LogP) is 4.51. The van der Waals surface area contributed by atoms with Gasteiger partial charge in [-0.05, 0) is 23.6 Å². The number of nitro benzene ring substituents is 1. The van der Waals surface area contributed by atoms with E-state index in [1.54, 1.807) is 12.1 Å². The van der Waals surface area contributed by atoms with Gasteiger partial charge in [0, 0.05) is 48.1 Å². The second-order valence-corrected chi connectivity index (χ2v) is 6.60. The second kappa shape index (κ2) is 8.49. The van der Waals surface area contributed by atoms with Crippen LogP contribution < -0.4 is 5.32 Å². The summed E-state index contributed by atoms with van der Waals surface area (Å²) in [4.78, 5) is 26.5. The normalized spacial score (nSPS) is 12.0. The number of aromatic amines is 1. The number of unbranched alkanes of at least 4 members (excludes halogenated alkanes) is 1. The topological polar surface area (TPSA) is 88.0 Å². The summed E-state index contributed by atoms with van der Waals surface area (Å²) < 4.78 is 0. The fraction of sp³-hybridized carbons (Fsp3) is 0.286. The van der Waals surface area contributed by atoms with Crippen molar-refractivity contribution >= 4 is 22.5 Å². The van der Waals surface area contributed by atoms with Gasteiger partial charge in [-0.2, -0.15) is 0 Å². The summed E-state index contributed by atoms with van der Waals surface area (Å²) in [6, 6.07) is 14.4. The molecular formula is C21H23N3O3. The Hall–Kier alpha value is -3.15. The maximum atomic E-state index is 12.5. The number of carbonyl (C=O) groups excluding carboxylic acids is 1. The van der Waals surface area contributed by atoms with E-state index in [0.29, 0.717) is 6.54 Å². The Bertz CT molecular complexity index is 949. The van der Waals surface area contributed by atoms with Gasteiger partial charge in [-0.15, -0.1) is 0 Å². The molecule has 1 aromatic heterocycles. The van der Waals surface area contributed by atoms with Crippen molar-refractivity contribution in [1.29, 1.82) is 0 Å². The van der Waals surface area contributed by atoms with Crippen LogP contribution in [0.25, 0.3) is 10.9 Å². The average molecular weight is 365 g/mol. The third-order valence-electron chi connectivity index (χ3n) is 4.72. The van der Waals surface area contributed by atoms with E-state index in [4.69, 9.17) is 0 Å². The van der Waals surface area contributed by atoms with Gasteiger partial charge < -0.3 is 10.3 Å². The molecule has 0 aliphatic heterocycles. The third-order valence-corrected chi connectivity index (χ3v) is 4.72. The fourth-order valence-electron chi connectivity index (χ4n) is 3.31. The van der Waals surface area contributed by atoms with E-state index < -0.39 is 4.92 Å². The van der Waals surface area contributed by atoms with Crippen molar-refractivity contribution in [2.75, 3.05) is 6.54 Å². The summed E-state index contributed by atoms with van der Waals surface area (Å²) in [5.41, 5.74) is 2.74. The lowest BCUT2D eigenvalue weighted by molar-refractivity contribution is -0.384. The lowest BCUT2D eigenvalue weighted by Gasteiger charge is -2.17. The molecule has 2 aromatic carbocycles.